The maximum absolute atomic E-state index is 8.12. The van der Waals surface area contributed by atoms with Crippen molar-refractivity contribution in [3.63, 3.8) is 0 Å². The Hall–Kier alpha value is -1.78. The molecule has 0 fully saturated rings. The number of nitrogens with one attached hydrogen (secondary N) is 1. The molecule has 5 heteroatoms. The van der Waals surface area contributed by atoms with E-state index in [9.17, 15) is 0 Å². The fourth-order valence-corrected chi connectivity index (χ4v) is 0.712. The van der Waals surface area contributed by atoms with Gasteiger partial charge in [0.15, 0.2) is 0 Å². The van der Waals surface area contributed by atoms with E-state index in [4.69, 9.17) is 19.6 Å². The molecule has 1 N–H and O–H groups in total. The molecule has 5 nitrogen and oxygen atoms in total. The van der Waals surface area contributed by atoms with Gasteiger partial charge in [-0.15, -0.1) is 0 Å². The van der Waals surface area contributed by atoms with Crippen molar-refractivity contribution in [2.75, 3.05) is 14.2 Å². The van der Waals surface area contributed by atoms with Crippen molar-refractivity contribution in [1.29, 1.82) is 0 Å². The van der Waals surface area contributed by atoms with Crippen LogP contribution in [0.1, 0.15) is 0 Å². The van der Waals surface area contributed by atoms with Crippen LogP contribution in [0.2, 0.25) is 0 Å². The Labute approximate surface area is 75.8 Å². The van der Waals surface area contributed by atoms with Gasteiger partial charge in [-0.05, 0) is 24.3 Å². The van der Waals surface area contributed by atoms with Gasteiger partial charge < -0.3 is 9.47 Å². The Morgan fingerprint density at radius 1 is 1.08 bits per heavy atom. The Bertz CT molecular complexity index is 211. The number of rotatable bonds is 2. The molecular weight excluding hydrogens is 174 g/mol. The van der Waals surface area contributed by atoms with Crippen LogP contribution in [0.4, 0.5) is 0 Å². The van der Waals surface area contributed by atoms with E-state index in [1.165, 1.54) is 0 Å². The molecule has 0 heterocycles. The Morgan fingerprint density at radius 2 is 1.31 bits per heavy atom. The third-order valence-corrected chi connectivity index (χ3v) is 1.30. The van der Waals surface area contributed by atoms with E-state index in [2.05, 4.69) is 0 Å². The van der Waals surface area contributed by atoms with Gasteiger partial charge in [0, 0.05) is 5.34 Å². The number of methoxy groups -OCH3 is 2. The molecule has 0 aliphatic carbocycles. The predicted octanol–water partition coefficient (Wildman–Crippen LogP) is 0.0350. The molecule has 0 saturated heterocycles. The zero-order valence-electron chi connectivity index (χ0n) is 7.44. The molecule has 13 heavy (non-hydrogen) atoms. The van der Waals surface area contributed by atoms with E-state index < -0.39 is 0 Å². The lowest BCUT2D eigenvalue weighted by atomic mass is 10.3. The number of benzene rings is 1. The van der Waals surface area contributed by atoms with Gasteiger partial charge in [-0.25, -0.2) is 0 Å². The number of hydrogen-bond acceptors (Lipinski definition) is 4. The van der Waals surface area contributed by atoms with E-state index in [-0.39, 0.29) is 5.34 Å². The first-order valence-corrected chi connectivity index (χ1v) is 3.45. The van der Waals surface area contributed by atoms with Gasteiger partial charge in [-0.3, -0.25) is 10.1 Å². The Kier molecular flexibility index (Phi) is 5.96. The molecular formula is C8H11NO4. The number of hydrogen-bond donors (Lipinski definition) is 1. The van der Waals surface area contributed by atoms with Crippen LogP contribution in [0.5, 0.6) is 11.5 Å². The summed E-state index contributed by atoms with van der Waals surface area (Å²) in [4.78, 5) is 8.12. The highest BCUT2D eigenvalue weighted by Crippen LogP contribution is 2.15. The maximum Gasteiger partial charge on any atom is 0.119 e. The van der Waals surface area contributed by atoms with Gasteiger partial charge in [-0.2, -0.15) is 0 Å². The summed E-state index contributed by atoms with van der Waals surface area (Å²) in [6.07, 6.45) is 0. The largest absolute Gasteiger partial charge is 0.497 e. The van der Waals surface area contributed by atoms with Crippen molar-refractivity contribution in [2.24, 2.45) is 0 Å². The maximum atomic E-state index is 8.12. The molecule has 0 radical (unpaired) electrons. The fourth-order valence-electron chi connectivity index (χ4n) is 0.712. The van der Waals surface area contributed by atoms with E-state index in [0.717, 1.165) is 11.5 Å². The zero-order valence-corrected chi connectivity index (χ0v) is 7.44. The standard InChI is InChI=1S/C8H10O2.HNO2/c1-9-7-3-5-8(10-2)6-4-7;2-1-3/h3-6H,1-2H3;1H. The van der Waals surface area contributed by atoms with Crippen molar-refractivity contribution in [3.05, 3.63) is 34.4 Å². The third-order valence-electron chi connectivity index (χ3n) is 1.30. The number of ether oxygens (including phenoxy) is 2. The Balaban J connectivity index is 0.000000424. The molecule has 0 aliphatic rings. The van der Waals surface area contributed by atoms with Crippen LogP contribution in [0.15, 0.2) is 24.3 Å². The molecule has 0 aromatic heterocycles. The van der Waals surface area contributed by atoms with Crippen LogP contribution in [-0.2, 0) is 0 Å². The summed E-state index contributed by atoms with van der Waals surface area (Å²) >= 11 is 0. The first-order chi connectivity index (χ1) is 6.28. The highest BCUT2D eigenvalue weighted by Gasteiger charge is 1.89. The lowest BCUT2D eigenvalue weighted by Gasteiger charge is -2.00. The van der Waals surface area contributed by atoms with Crippen molar-refractivity contribution in [2.45, 2.75) is 0 Å². The topological polar surface area (TPSA) is 72.6 Å². The molecule has 0 aliphatic heterocycles. The highest BCUT2D eigenvalue weighted by molar-refractivity contribution is 5.30. The summed E-state index contributed by atoms with van der Waals surface area (Å²) in [5.41, 5.74) is 0. The molecule has 1 rings (SSSR count). The SMILES string of the molecule is COc1ccc(OC)cc1.O=[NH+][O-]. The highest BCUT2D eigenvalue weighted by atomic mass is 16.6. The van der Waals surface area contributed by atoms with Crippen LogP contribution >= 0.6 is 0 Å². The van der Waals surface area contributed by atoms with Crippen LogP contribution in [-0.4, -0.2) is 14.2 Å². The summed E-state index contributed by atoms with van der Waals surface area (Å²) in [6, 6.07) is 7.44. The summed E-state index contributed by atoms with van der Waals surface area (Å²) < 4.78 is 9.92. The minimum absolute atomic E-state index is 0.250. The van der Waals surface area contributed by atoms with Crippen LogP contribution in [0.3, 0.4) is 0 Å². The monoisotopic (exact) mass is 185 g/mol. The van der Waals surface area contributed by atoms with Gasteiger partial charge in [0.25, 0.3) is 0 Å². The molecule has 0 bridgehead atoms. The van der Waals surface area contributed by atoms with E-state index in [1.807, 2.05) is 24.3 Å². The van der Waals surface area contributed by atoms with Crippen molar-refractivity contribution < 1.29 is 14.8 Å². The fraction of sp³-hybridized carbons (Fsp3) is 0.250. The average Bonchev–Trinajstić information content (AvgIpc) is 2.19. The molecule has 0 unspecified atom stereocenters. The lowest BCUT2D eigenvalue weighted by molar-refractivity contribution is -0.398. The van der Waals surface area contributed by atoms with Gasteiger partial charge in [0.1, 0.15) is 11.5 Å². The second-order valence-electron chi connectivity index (χ2n) is 1.96. The molecule has 0 atom stereocenters. The molecule has 1 aromatic rings. The van der Waals surface area contributed by atoms with E-state index >= 15 is 0 Å². The molecule has 0 saturated carbocycles. The van der Waals surface area contributed by atoms with Crippen molar-refractivity contribution >= 4 is 0 Å². The van der Waals surface area contributed by atoms with E-state index in [0.29, 0.717) is 0 Å². The molecule has 0 spiro atoms. The van der Waals surface area contributed by atoms with Gasteiger partial charge in [0.2, 0.25) is 0 Å². The molecule has 1 aromatic carbocycles. The normalized spacial score (nSPS) is 7.85. The predicted molar refractivity (Wildman–Crippen MR) is 47.2 cm³/mol. The first kappa shape index (κ1) is 11.2. The summed E-state index contributed by atoms with van der Waals surface area (Å²) in [5.74, 6) is 1.70. The van der Waals surface area contributed by atoms with Crippen LogP contribution in [0.25, 0.3) is 0 Å². The van der Waals surface area contributed by atoms with Gasteiger partial charge in [0.05, 0.1) is 14.2 Å². The molecule has 72 valence electrons. The summed E-state index contributed by atoms with van der Waals surface area (Å²) in [7, 11) is 3.28. The second-order valence-corrected chi connectivity index (χ2v) is 1.96. The van der Waals surface area contributed by atoms with Crippen molar-refractivity contribution in [1.82, 2.24) is 0 Å². The van der Waals surface area contributed by atoms with Crippen molar-refractivity contribution in [3.8, 4) is 11.5 Å². The minimum Gasteiger partial charge on any atom is -0.497 e. The smallest absolute Gasteiger partial charge is 0.119 e. The third kappa shape index (κ3) is 4.62. The summed E-state index contributed by atoms with van der Waals surface area (Å²) in [6.45, 7) is 0. The van der Waals surface area contributed by atoms with Crippen LogP contribution < -0.4 is 14.8 Å². The summed E-state index contributed by atoms with van der Waals surface area (Å²) in [5, 5.41) is 8.38. The molecule has 0 amide bonds. The Morgan fingerprint density at radius 3 is 1.46 bits per heavy atom. The van der Waals surface area contributed by atoms with Gasteiger partial charge in [-0.1, -0.05) is 0 Å². The minimum atomic E-state index is 0.250. The quantitative estimate of drug-likeness (QED) is 0.521. The second kappa shape index (κ2) is 6.90. The van der Waals surface area contributed by atoms with E-state index in [1.54, 1.807) is 14.2 Å². The zero-order chi connectivity index (χ0) is 10.1. The first-order valence-electron chi connectivity index (χ1n) is 3.45. The van der Waals surface area contributed by atoms with Gasteiger partial charge >= 0.3 is 0 Å². The lowest BCUT2D eigenvalue weighted by Crippen LogP contribution is -2.53. The average molecular weight is 185 g/mol. The van der Waals surface area contributed by atoms with Crippen LogP contribution in [0, 0.1) is 10.1 Å².